The largest absolute Gasteiger partial charge is 0.466 e. The summed E-state index contributed by atoms with van der Waals surface area (Å²) >= 11 is 0. The molecule has 23 heavy (non-hydrogen) atoms. The monoisotopic (exact) mass is 324 g/mol. The lowest BCUT2D eigenvalue weighted by atomic mass is 10.1. The first-order chi connectivity index (χ1) is 11.1. The Bertz CT molecular complexity index is 443. The average molecular weight is 324 g/mol. The van der Waals surface area contributed by atoms with Gasteiger partial charge < -0.3 is 14.2 Å². The van der Waals surface area contributed by atoms with Crippen molar-refractivity contribution < 1.29 is 28.6 Å². The molecule has 0 atom stereocenters. The van der Waals surface area contributed by atoms with Gasteiger partial charge in [0.1, 0.15) is 0 Å². The molecule has 0 aliphatic heterocycles. The molecule has 0 bridgehead atoms. The number of ether oxygens (including phenoxy) is 3. The molecule has 0 aliphatic rings. The Labute approximate surface area is 134 Å². The number of carbonyl (C=O) groups excluding carboxylic acids is 3. The molecule has 0 spiro atoms. The van der Waals surface area contributed by atoms with Crippen LogP contribution in [0.4, 0.5) is 0 Å². The second kappa shape index (κ2) is 13.1. The first-order valence-corrected chi connectivity index (χ1v) is 7.29. The summed E-state index contributed by atoms with van der Waals surface area (Å²) in [6.07, 6.45) is 0.641. The van der Waals surface area contributed by atoms with E-state index in [-0.39, 0.29) is 32.7 Å². The van der Waals surface area contributed by atoms with E-state index < -0.39 is 30.2 Å². The SMILES string of the molecule is CCOC(=O)CC(C(=O)OCCCC#N)C(=O)OCCCC#N. The number of unbranched alkanes of at least 4 members (excludes halogenated alkanes) is 2. The van der Waals surface area contributed by atoms with Crippen molar-refractivity contribution in [3.05, 3.63) is 0 Å². The summed E-state index contributed by atoms with van der Waals surface area (Å²) in [5, 5.41) is 16.8. The topological polar surface area (TPSA) is 126 Å². The number of nitriles is 2. The Morgan fingerprint density at radius 3 is 1.78 bits per heavy atom. The molecule has 0 saturated carbocycles. The van der Waals surface area contributed by atoms with E-state index >= 15 is 0 Å². The number of rotatable bonds is 11. The fraction of sp³-hybridized carbons (Fsp3) is 0.667. The lowest BCUT2D eigenvalue weighted by Crippen LogP contribution is -2.31. The van der Waals surface area contributed by atoms with Crippen LogP contribution in [0, 0.1) is 28.6 Å². The number of esters is 3. The molecule has 0 unspecified atom stereocenters. The molecule has 0 aromatic rings. The third-order valence-corrected chi connectivity index (χ3v) is 2.60. The van der Waals surface area contributed by atoms with E-state index in [1.165, 1.54) is 0 Å². The molecule has 126 valence electrons. The van der Waals surface area contributed by atoms with Gasteiger partial charge in [-0.2, -0.15) is 10.5 Å². The molecule has 0 N–H and O–H groups in total. The first-order valence-electron chi connectivity index (χ1n) is 7.29. The van der Waals surface area contributed by atoms with Crippen molar-refractivity contribution in [1.82, 2.24) is 0 Å². The highest BCUT2D eigenvalue weighted by atomic mass is 16.6. The van der Waals surface area contributed by atoms with Gasteiger partial charge in [-0.3, -0.25) is 14.4 Å². The molecule has 0 aliphatic carbocycles. The van der Waals surface area contributed by atoms with Gasteiger partial charge in [0.25, 0.3) is 0 Å². The van der Waals surface area contributed by atoms with Crippen molar-refractivity contribution in [3.63, 3.8) is 0 Å². The van der Waals surface area contributed by atoms with Crippen LogP contribution in [0.25, 0.3) is 0 Å². The van der Waals surface area contributed by atoms with Crippen molar-refractivity contribution >= 4 is 17.9 Å². The van der Waals surface area contributed by atoms with Crippen molar-refractivity contribution in [2.45, 2.75) is 39.0 Å². The van der Waals surface area contributed by atoms with E-state index in [1.54, 1.807) is 6.92 Å². The molecule has 0 aromatic carbocycles. The molecule has 8 heteroatoms. The Hall–Kier alpha value is -2.61. The van der Waals surface area contributed by atoms with Crippen LogP contribution in [0.15, 0.2) is 0 Å². The molecule has 0 saturated heterocycles. The molecule has 0 fully saturated rings. The molecule has 0 heterocycles. The third-order valence-electron chi connectivity index (χ3n) is 2.60. The summed E-state index contributed by atoms with van der Waals surface area (Å²) in [6.45, 7) is 1.69. The highest BCUT2D eigenvalue weighted by molar-refractivity contribution is 5.98. The van der Waals surface area contributed by atoms with Crippen LogP contribution in [0.1, 0.15) is 39.0 Å². The first kappa shape index (κ1) is 20.4. The maximum absolute atomic E-state index is 11.9. The molecule has 0 aromatic heterocycles. The zero-order chi connectivity index (χ0) is 17.5. The number of nitrogens with zero attached hydrogens (tertiary/aromatic N) is 2. The van der Waals surface area contributed by atoms with Gasteiger partial charge >= 0.3 is 17.9 Å². The zero-order valence-corrected chi connectivity index (χ0v) is 13.1. The third kappa shape index (κ3) is 9.86. The van der Waals surface area contributed by atoms with Crippen LogP contribution in [-0.4, -0.2) is 37.7 Å². The number of carbonyl (C=O) groups is 3. The minimum atomic E-state index is -1.40. The van der Waals surface area contributed by atoms with Gasteiger partial charge in [0.2, 0.25) is 0 Å². The van der Waals surface area contributed by atoms with Gasteiger partial charge in [0, 0.05) is 12.8 Å². The molecule has 8 nitrogen and oxygen atoms in total. The van der Waals surface area contributed by atoms with Crippen LogP contribution in [0.2, 0.25) is 0 Å². The summed E-state index contributed by atoms with van der Waals surface area (Å²) in [5.41, 5.74) is 0. The van der Waals surface area contributed by atoms with Crippen molar-refractivity contribution in [1.29, 1.82) is 10.5 Å². The van der Waals surface area contributed by atoms with Crippen LogP contribution < -0.4 is 0 Å². The van der Waals surface area contributed by atoms with Crippen molar-refractivity contribution in [2.24, 2.45) is 5.92 Å². The molecule has 0 rings (SSSR count). The minimum absolute atomic E-state index is 0.0204. The van der Waals surface area contributed by atoms with E-state index in [9.17, 15) is 14.4 Å². The summed E-state index contributed by atoms with van der Waals surface area (Å²) in [6, 6.07) is 3.80. The van der Waals surface area contributed by atoms with E-state index in [0.717, 1.165) is 0 Å². The highest BCUT2D eigenvalue weighted by Crippen LogP contribution is 2.11. The second-order valence-electron chi connectivity index (χ2n) is 4.42. The molecular weight excluding hydrogens is 304 g/mol. The quantitative estimate of drug-likeness (QED) is 0.240. The summed E-state index contributed by atoms with van der Waals surface area (Å²) in [7, 11) is 0. The van der Waals surface area contributed by atoms with E-state index in [4.69, 9.17) is 24.7 Å². The van der Waals surface area contributed by atoms with Gasteiger partial charge in [0.05, 0.1) is 38.4 Å². The van der Waals surface area contributed by atoms with Gasteiger partial charge in [-0.05, 0) is 19.8 Å². The van der Waals surface area contributed by atoms with Gasteiger partial charge in [-0.1, -0.05) is 0 Å². The van der Waals surface area contributed by atoms with Crippen molar-refractivity contribution in [3.8, 4) is 12.1 Å². The second-order valence-corrected chi connectivity index (χ2v) is 4.42. The Morgan fingerprint density at radius 1 is 0.913 bits per heavy atom. The molecule has 0 radical (unpaired) electrons. The maximum atomic E-state index is 11.9. The van der Waals surface area contributed by atoms with E-state index in [0.29, 0.717) is 12.8 Å². The van der Waals surface area contributed by atoms with Gasteiger partial charge in [-0.25, -0.2) is 0 Å². The van der Waals surface area contributed by atoms with Crippen LogP contribution in [0.3, 0.4) is 0 Å². The average Bonchev–Trinajstić information content (AvgIpc) is 2.53. The van der Waals surface area contributed by atoms with Gasteiger partial charge in [0.15, 0.2) is 5.92 Å². The minimum Gasteiger partial charge on any atom is -0.466 e. The molecular formula is C15H20N2O6. The van der Waals surface area contributed by atoms with Crippen LogP contribution >= 0.6 is 0 Å². The van der Waals surface area contributed by atoms with E-state index in [2.05, 4.69) is 0 Å². The highest BCUT2D eigenvalue weighted by Gasteiger charge is 2.32. The van der Waals surface area contributed by atoms with Gasteiger partial charge in [-0.15, -0.1) is 0 Å². The lowest BCUT2D eigenvalue weighted by molar-refractivity contribution is -0.166. The fourth-order valence-electron chi connectivity index (χ4n) is 1.50. The van der Waals surface area contributed by atoms with Crippen LogP contribution in [-0.2, 0) is 28.6 Å². The fourth-order valence-corrected chi connectivity index (χ4v) is 1.50. The standard InChI is InChI=1S/C15H20N2O6/c1-2-21-13(18)11-12(14(19)22-9-5-3-7-16)15(20)23-10-6-4-8-17/h12H,2-6,9-11H2,1H3. The Balaban J connectivity index is 4.56. The summed E-state index contributed by atoms with van der Waals surface area (Å²) < 4.78 is 14.5. The lowest BCUT2D eigenvalue weighted by Gasteiger charge is -2.14. The Kier molecular flexibility index (Phi) is 11.6. The smallest absolute Gasteiger partial charge is 0.320 e. The summed E-state index contributed by atoms with van der Waals surface area (Å²) in [4.78, 5) is 35.3. The number of hydrogen-bond donors (Lipinski definition) is 0. The predicted molar refractivity (Wildman–Crippen MR) is 76.4 cm³/mol. The molecule has 0 amide bonds. The Morgan fingerprint density at radius 2 is 1.39 bits per heavy atom. The van der Waals surface area contributed by atoms with Crippen molar-refractivity contribution in [2.75, 3.05) is 19.8 Å². The predicted octanol–water partition coefficient (Wildman–Crippen LogP) is 1.25. The van der Waals surface area contributed by atoms with Crippen LogP contribution in [0.5, 0.6) is 0 Å². The number of hydrogen-bond acceptors (Lipinski definition) is 8. The summed E-state index contributed by atoms with van der Waals surface area (Å²) in [5.74, 6) is -3.89. The maximum Gasteiger partial charge on any atom is 0.320 e. The van der Waals surface area contributed by atoms with E-state index in [1.807, 2.05) is 12.1 Å². The zero-order valence-electron chi connectivity index (χ0n) is 13.1. The normalized spacial score (nSPS) is 9.57.